The molecule has 1 aliphatic rings. The fourth-order valence-corrected chi connectivity index (χ4v) is 3.30. The van der Waals surface area contributed by atoms with Crippen LogP contribution in [0.4, 0.5) is 0 Å². The maximum atomic E-state index is 3.76. The number of hydrogen-bond donors (Lipinski definition) is 1. The highest BCUT2D eigenvalue weighted by molar-refractivity contribution is 5.15. The molecular formula is C19H32N2. The van der Waals surface area contributed by atoms with Gasteiger partial charge in [0.15, 0.2) is 0 Å². The lowest BCUT2D eigenvalue weighted by molar-refractivity contribution is 0.101. The Morgan fingerprint density at radius 3 is 2.48 bits per heavy atom. The third-order valence-corrected chi connectivity index (χ3v) is 4.64. The zero-order valence-electron chi connectivity index (χ0n) is 14.2. The molecule has 1 aromatic carbocycles. The van der Waals surface area contributed by atoms with E-state index in [1.807, 2.05) is 0 Å². The van der Waals surface area contributed by atoms with Gasteiger partial charge in [0, 0.05) is 31.7 Å². The number of nitrogens with zero attached hydrogens (tertiary/aromatic N) is 1. The van der Waals surface area contributed by atoms with Crippen LogP contribution in [0.15, 0.2) is 30.3 Å². The first-order chi connectivity index (χ1) is 10.1. The number of rotatable bonds is 6. The second-order valence-electron chi connectivity index (χ2n) is 7.27. The summed E-state index contributed by atoms with van der Waals surface area (Å²) in [5.74, 6) is 1.48. The predicted molar refractivity (Wildman–Crippen MR) is 91.6 cm³/mol. The third-order valence-electron chi connectivity index (χ3n) is 4.64. The van der Waals surface area contributed by atoms with E-state index in [2.05, 4.69) is 68.2 Å². The smallest absolute Gasteiger partial charge is 0.0223 e. The first-order valence-corrected chi connectivity index (χ1v) is 8.57. The molecule has 0 aromatic heterocycles. The van der Waals surface area contributed by atoms with Crippen molar-refractivity contribution in [3.63, 3.8) is 0 Å². The zero-order chi connectivity index (χ0) is 15.2. The van der Waals surface area contributed by atoms with Crippen molar-refractivity contribution in [2.45, 2.75) is 52.6 Å². The Labute approximate surface area is 130 Å². The molecule has 1 saturated heterocycles. The highest BCUT2D eigenvalue weighted by Crippen LogP contribution is 2.19. The van der Waals surface area contributed by atoms with Crippen molar-refractivity contribution in [2.24, 2.45) is 11.8 Å². The van der Waals surface area contributed by atoms with E-state index in [4.69, 9.17) is 0 Å². The Morgan fingerprint density at radius 1 is 1.14 bits per heavy atom. The van der Waals surface area contributed by atoms with Gasteiger partial charge in [0.1, 0.15) is 0 Å². The van der Waals surface area contributed by atoms with Crippen LogP contribution in [0.1, 0.15) is 39.7 Å². The molecule has 118 valence electrons. The van der Waals surface area contributed by atoms with Crippen LogP contribution in [0.3, 0.4) is 0 Å². The molecule has 2 rings (SSSR count). The summed E-state index contributed by atoms with van der Waals surface area (Å²) in [4.78, 5) is 2.73. The fraction of sp³-hybridized carbons (Fsp3) is 0.684. The van der Waals surface area contributed by atoms with Gasteiger partial charge in [0.2, 0.25) is 0 Å². The van der Waals surface area contributed by atoms with Gasteiger partial charge in [-0.05, 0) is 30.2 Å². The van der Waals surface area contributed by atoms with Gasteiger partial charge in [-0.1, -0.05) is 58.0 Å². The van der Waals surface area contributed by atoms with E-state index in [0.29, 0.717) is 18.0 Å². The summed E-state index contributed by atoms with van der Waals surface area (Å²) in [5.41, 5.74) is 1.46. The van der Waals surface area contributed by atoms with Crippen LogP contribution in [0, 0.1) is 11.8 Å². The van der Waals surface area contributed by atoms with Crippen LogP contribution in [-0.2, 0) is 6.42 Å². The Hall–Kier alpha value is -0.860. The molecule has 0 bridgehead atoms. The van der Waals surface area contributed by atoms with Gasteiger partial charge in [-0.25, -0.2) is 0 Å². The molecule has 1 N–H and O–H groups in total. The van der Waals surface area contributed by atoms with Crippen LogP contribution in [-0.4, -0.2) is 36.6 Å². The summed E-state index contributed by atoms with van der Waals surface area (Å²) in [7, 11) is 0. The number of benzene rings is 1. The summed E-state index contributed by atoms with van der Waals surface area (Å²) < 4.78 is 0. The van der Waals surface area contributed by atoms with Gasteiger partial charge in [-0.15, -0.1) is 0 Å². The lowest BCUT2D eigenvalue weighted by atomic mass is 9.94. The average molecular weight is 288 g/mol. The molecule has 2 atom stereocenters. The van der Waals surface area contributed by atoms with Crippen molar-refractivity contribution in [3.05, 3.63) is 35.9 Å². The molecule has 1 heterocycles. The molecular weight excluding hydrogens is 256 g/mol. The van der Waals surface area contributed by atoms with Crippen molar-refractivity contribution in [1.29, 1.82) is 0 Å². The van der Waals surface area contributed by atoms with Gasteiger partial charge >= 0.3 is 0 Å². The average Bonchev–Trinajstić information content (AvgIpc) is 2.46. The summed E-state index contributed by atoms with van der Waals surface area (Å²) in [5, 5.41) is 3.76. The molecule has 0 aliphatic carbocycles. The number of hydrogen-bond acceptors (Lipinski definition) is 2. The van der Waals surface area contributed by atoms with E-state index in [-0.39, 0.29) is 0 Å². The Morgan fingerprint density at radius 2 is 1.86 bits per heavy atom. The van der Waals surface area contributed by atoms with Gasteiger partial charge in [0.05, 0.1) is 0 Å². The van der Waals surface area contributed by atoms with Gasteiger partial charge in [-0.3, -0.25) is 4.90 Å². The molecule has 0 radical (unpaired) electrons. The van der Waals surface area contributed by atoms with Crippen LogP contribution in [0.2, 0.25) is 0 Å². The maximum Gasteiger partial charge on any atom is 0.0223 e. The molecule has 2 nitrogen and oxygen atoms in total. The van der Waals surface area contributed by atoms with Crippen molar-refractivity contribution in [2.75, 3.05) is 19.6 Å². The standard InChI is InChI=1S/C19H32N2/c1-15(2)12-18-13-20-19(16(3)4)14-21(18)11-10-17-8-6-5-7-9-17/h5-9,15-16,18-20H,10-14H2,1-4H3. The lowest BCUT2D eigenvalue weighted by Crippen LogP contribution is -2.58. The Kier molecular flexibility index (Phi) is 6.25. The summed E-state index contributed by atoms with van der Waals surface area (Å²) in [6, 6.07) is 12.2. The molecule has 21 heavy (non-hydrogen) atoms. The predicted octanol–water partition coefficient (Wildman–Crippen LogP) is 3.57. The fourth-order valence-electron chi connectivity index (χ4n) is 3.30. The largest absolute Gasteiger partial charge is 0.311 e. The SMILES string of the molecule is CC(C)CC1CNC(C(C)C)CN1CCc1ccccc1. The molecule has 1 aliphatic heterocycles. The quantitative estimate of drug-likeness (QED) is 0.861. The van der Waals surface area contributed by atoms with Crippen LogP contribution >= 0.6 is 0 Å². The minimum Gasteiger partial charge on any atom is -0.311 e. The lowest BCUT2D eigenvalue weighted by Gasteiger charge is -2.42. The first kappa shape index (κ1) is 16.5. The first-order valence-electron chi connectivity index (χ1n) is 8.57. The van der Waals surface area contributed by atoms with E-state index in [1.165, 1.54) is 31.5 Å². The second-order valence-corrected chi connectivity index (χ2v) is 7.27. The highest BCUT2D eigenvalue weighted by atomic mass is 15.2. The van der Waals surface area contributed by atoms with Crippen LogP contribution in [0.25, 0.3) is 0 Å². The van der Waals surface area contributed by atoms with E-state index in [1.54, 1.807) is 0 Å². The van der Waals surface area contributed by atoms with Crippen molar-refractivity contribution < 1.29 is 0 Å². The number of piperazine rings is 1. The van der Waals surface area contributed by atoms with Gasteiger partial charge in [0.25, 0.3) is 0 Å². The van der Waals surface area contributed by atoms with E-state index in [0.717, 1.165) is 12.5 Å². The van der Waals surface area contributed by atoms with E-state index in [9.17, 15) is 0 Å². The second kappa shape index (κ2) is 7.95. The Balaban J connectivity index is 1.95. The monoisotopic (exact) mass is 288 g/mol. The minimum absolute atomic E-state index is 0.643. The maximum absolute atomic E-state index is 3.76. The normalized spacial score (nSPS) is 23.9. The summed E-state index contributed by atoms with van der Waals surface area (Å²) >= 11 is 0. The molecule has 1 fully saturated rings. The summed E-state index contributed by atoms with van der Waals surface area (Å²) in [6.45, 7) is 12.9. The van der Waals surface area contributed by atoms with Gasteiger partial charge < -0.3 is 5.32 Å². The van der Waals surface area contributed by atoms with E-state index >= 15 is 0 Å². The molecule has 1 aromatic rings. The molecule has 0 amide bonds. The summed E-state index contributed by atoms with van der Waals surface area (Å²) in [6.07, 6.45) is 2.47. The van der Waals surface area contributed by atoms with Gasteiger partial charge in [-0.2, -0.15) is 0 Å². The topological polar surface area (TPSA) is 15.3 Å². The van der Waals surface area contributed by atoms with Crippen LogP contribution in [0.5, 0.6) is 0 Å². The highest BCUT2D eigenvalue weighted by Gasteiger charge is 2.29. The van der Waals surface area contributed by atoms with Crippen molar-refractivity contribution in [1.82, 2.24) is 10.2 Å². The molecule has 0 spiro atoms. The molecule has 2 heteroatoms. The third kappa shape index (κ3) is 5.12. The zero-order valence-corrected chi connectivity index (χ0v) is 14.2. The molecule has 0 saturated carbocycles. The van der Waals surface area contributed by atoms with Crippen molar-refractivity contribution >= 4 is 0 Å². The van der Waals surface area contributed by atoms with Crippen molar-refractivity contribution in [3.8, 4) is 0 Å². The van der Waals surface area contributed by atoms with Crippen LogP contribution < -0.4 is 5.32 Å². The Bertz CT molecular complexity index is 399. The minimum atomic E-state index is 0.643. The van der Waals surface area contributed by atoms with E-state index < -0.39 is 0 Å². The number of nitrogens with one attached hydrogen (secondary N) is 1. The molecule has 2 unspecified atom stereocenters.